The van der Waals surface area contributed by atoms with E-state index >= 15 is 0 Å². The SMILES string of the molecule is CCC(=O)O.O=S(=O)(O)OS(=O)(=O)O. The topological polar surface area (TPSA) is 155 Å². The van der Waals surface area contributed by atoms with Crippen molar-refractivity contribution in [2.24, 2.45) is 0 Å². The van der Waals surface area contributed by atoms with Gasteiger partial charge in [0.25, 0.3) is 0 Å². The third-order valence-corrected chi connectivity index (χ3v) is 1.85. The number of carboxylic acid groups (broad SMARTS) is 1. The molecular weight excluding hydrogens is 244 g/mol. The first-order chi connectivity index (χ1) is 5.98. The minimum Gasteiger partial charge on any atom is -0.481 e. The van der Waals surface area contributed by atoms with Crippen LogP contribution >= 0.6 is 0 Å². The molecule has 0 amide bonds. The van der Waals surface area contributed by atoms with Crippen molar-refractivity contribution in [2.45, 2.75) is 13.3 Å². The number of aliphatic carboxylic acids is 1. The molecule has 0 fully saturated rings. The highest BCUT2D eigenvalue weighted by Gasteiger charge is 2.15. The first kappa shape index (κ1) is 15.7. The summed E-state index contributed by atoms with van der Waals surface area (Å²) >= 11 is 0. The van der Waals surface area contributed by atoms with Crippen LogP contribution in [0.5, 0.6) is 0 Å². The van der Waals surface area contributed by atoms with Gasteiger partial charge in [-0.05, 0) is 0 Å². The van der Waals surface area contributed by atoms with Crippen molar-refractivity contribution in [3.05, 3.63) is 0 Å². The van der Waals surface area contributed by atoms with Gasteiger partial charge in [0.15, 0.2) is 0 Å². The van der Waals surface area contributed by atoms with E-state index in [0.717, 1.165) is 0 Å². The van der Waals surface area contributed by atoms with Crippen LogP contribution in [0.3, 0.4) is 0 Å². The summed E-state index contributed by atoms with van der Waals surface area (Å²) in [4.78, 5) is 9.37. The van der Waals surface area contributed by atoms with E-state index in [1.54, 1.807) is 6.92 Å². The number of carboxylic acids is 1. The Morgan fingerprint density at radius 3 is 1.36 bits per heavy atom. The zero-order valence-corrected chi connectivity index (χ0v) is 8.45. The molecule has 9 nitrogen and oxygen atoms in total. The summed E-state index contributed by atoms with van der Waals surface area (Å²) in [5, 5.41) is 7.72. The van der Waals surface area contributed by atoms with Crippen LogP contribution in [0.1, 0.15) is 13.3 Å². The van der Waals surface area contributed by atoms with Crippen LogP contribution in [0, 0.1) is 0 Å². The van der Waals surface area contributed by atoms with Crippen LogP contribution in [-0.4, -0.2) is 37.0 Å². The molecule has 11 heteroatoms. The minimum absolute atomic E-state index is 0.222. The second kappa shape index (κ2) is 5.87. The summed E-state index contributed by atoms with van der Waals surface area (Å²) < 4.78 is 55.6. The maximum absolute atomic E-state index is 9.44. The fraction of sp³-hybridized carbons (Fsp3) is 0.667. The Labute approximate surface area is 80.2 Å². The Hall–Kier alpha value is -0.750. The molecular formula is C3H8O9S2. The molecule has 0 bridgehead atoms. The van der Waals surface area contributed by atoms with Crippen molar-refractivity contribution in [3.63, 3.8) is 0 Å². The summed E-state index contributed by atoms with van der Waals surface area (Å²) in [7, 11) is -10.2. The van der Waals surface area contributed by atoms with Crippen molar-refractivity contribution in [3.8, 4) is 0 Å². The highest BCUT2D eigenvalue weighted by atomic mass is 32.3. The summed E-state index contributed by atoms with van der Waals surface area (Å²) in [6.45, 7) is 1.60. The molecule has 0 aromatic rings. The number of hydrogen-bond donors (Lipinski definition) is 3. The van der Waals surface area contributed by atoms with Gasteiger partial charge in [-0.25, -0.2) is 0 Å². The maximum Gasteiger partial charge on any atom is 0.413 e. The molecule has 0 aromatic carbocycles. The highest BCUT2D eigenvalue weighted by Crippen LogP contribution is 1.91. The zero-order chi connectivity index (χ0) is 12.0. The van der Waals surface area contributed by atoms with Crippen LogP contribution in [0.4, 0.5) is 0 Å². The lowest BCUT2D eigenvalue weighted by molar-refractivity contribution is -0.136. The normalized spacial score (nSPS) is 11.4. The van der Waals surface area contributed by atoms with Crippen LogP contribution in [0.25, 0.3) is 0 Å². The van der Waals surface area contributed by atoms with Crippen molar-refractivity contribution in [1.29, 1.82) is 0 Å². The molecule has 0 saturated carbocycles. The fourth-order valence-corrected chi connectivity index (χ4v) is 0.978. The molecule has 0 radical (unpaired) electrons. The Balaban J connectivity index is 0. The molecule has 0 saturated heterocycles. The summed E-state index contributed by atoms with van der Waals surface area (Å²) in [5.41, 5.74) is 0. The van der Waals surface area contributed by atoms with E-state index in [0.29, 0.717) is 0 Å². The molecule has 0 unspecified atom stereocenters. The van der Waals surface area contributed by atoms with E-state index in [9.17, 15) is 21.6 Å². The second-order valence-corrected chi connectivity index (χ2v) is 3.93. The Kier molecular flexibility index (Phi) is 6.59. The van der Waals surface area contributed by atoms with Gasteiger partial charge in [0, 0.05) is 6.42 Å². The first-order valence-corrected chi connectivity index (χ1v) is 5.58. The fourth-order valence-electron chi connectivity index (χ4n) is 0.109. The Morgan fingerprint density at radius 1 is 1.14 bits per heavy atom. The van der Waals surface area contributed by atoms with Gasteiger partial charge in [-0.1, -0.05) is 6.92 Å². The monoisotopic (exact) mass is 252 g/mol. The number of carbonyl (C=O) groups is 1. The van der Waals surface area contributed by atoms with E-state index in [-0.39, 0.29) is 6.42 Å². The van der Waals surface area contributed by atoms with Gasteiger partial charge in [0.1, 0.15) is 0 Å². The van der Waals surface area contributed by atoms with Crippen molar-refractivity contribution in [1.82, 2.24) is 0 Å². The number of hydrogen-bond acceptors (Lipinski definition) is 6. The third-order valence-electron chi connectivity index (χ3n) is 0.474. The average molecular weight is 252 g/mol. The smallest absolute Gasteiger partial charge is 0.413 e. The predicted octanol–water partition coefficient (Wildman–Crippen LogP) is -0.910. The van der Waals surface area contributed by atoms with Crippen molar-refractivity contribution >= 4 is 26.8 Å². The van der Waals surface area contributed by atoms with Gasteiger partial charge in [-0.15, -0.1) is 3.63 Å². The summed E-state index contributed by atoms with van der Waals surface area (Å²) in [6.07, 6.45) is 0.222. The lowest BCUT2D eigenvalue weighted by Crippen LogP contribution is -2.10. The van der Waals surface area contributed by atoms with Crippen LogP contribution in [0.2, 0.25) is 0 Å². The van der Waals surface area contributed by atoms with E-state index in [2.05, 4.69) is 3.63 Å². The molecule has 3 N–H and O–H groups in total. The molecule has 0 aliphatic rings. The molecule has 0 heterocycles. The Morgan fingerprint density at radius 2 is 1.36 bits per heavy atom. The summed E-state index contributed by atoms with van der Waals surface area (Å²) in [5.74, 6) is -0.745. The first-order valence-electron chi connectivity index (χ1n) is 2.85. The van der Waals surface area contributed by atoms with Gasteiger partial charge < -0.3 is 5.11 Å². The number of rotatable bonds is 3. The summed E-state index contributed by atoms with van der Waals surface area (Å²) in [6, 6.07) is 0. The molecule has 0 aromatic heterocycles. The molecule has 0 rings (SSSR count). The van der Waals surface area contributed by atoms with Crippen LogP contribution in [-0.2, 0) is 29.2 Å². The second-order valence-electron chi connectivity index (χ2n) is 1.67. The largest absolute Gasteiger partial charge is 0.481 e. The van der Waals surface area contributed by atoms with Gasteiger partial charge in [-0.3, -0.25) is 13.9 Å². The quantitative estimate of drug-likeness (QED) is 0.541. The van der Waals surface area contributed by atoms with E-state index < -0.39 is 26.8 Å². The molecule has 0 aliphatic heterocycles. The van der Waals surface area contributed by atoms with Crippen molar-refractivity contribution in [2.75, 3.05) is 0 Å². The predicted molar refractivity (Wildman–Crippen MR) is 42.1 cm³/mol. The van der Waals surface area contributed by atoms with Gasteiger partial charge >= 0.3 is 26.8 Å². The zero-order valence-electron chi connectivity index (χ0n) is 6.81. The lowest BCUT2D eigenvalue weighted by atomic mass is 10.5. The van der Waals surface area contributed by atoms with Crippen LogP contribution in [0.15, 0.2) is 0 Å². The Bertz CT molecular complexity index is 331. The maximum atomic E-state index is 9.44. The molecule has 0 aliphatic carbocycles. The van der Waals surface area contributed by atoms with E-state index in [1.165, 1.54) is 0 Å². The van der Waals surface area contributed by atoms with E-state index in [1.807, 2.05) is 0 Å². The minimum atomic E-state index is -5.12. The van der Waals surface area contributed by atoms with Gasteiger partial charge in [0.05, 0.1) is 0 Å². The molecule has 14 heavy (non-hydrogen) atoms. The van der Waals surface area contributed by atoms with E-state index in [4.69, 9.17) is 14.2 Å². The molecule has 0 atom stereocenters. The highest BCUT2D eigenvalue weighted by molar-refractivity contribution is 7.94. The van der Waals surface area contributed by atoms with Crippen molar-refractivity contribution < 1.29 is 39.5 Å². The molecule has 0 spiro atoms. The van der Waals surface area contributed by atoms with Crippen LogP contribution < -0.4 is 0 Å². The lowest BCUT2D eigenvalue weighted by Gasteiger charge is -1.89. The van der Waals surface area contributed by atoms with Gasteiger partial charge in [0.2, 0.25) is 0 Å². The molecule has 86 valence electrons. The standard InChI is InChI=1S/C3H6O2.H2O7S2/c1-2-3(4)5;1-8(2,3)7-9(4,5)6/h2H2,1H3,(H,4,5);(H,1,2,3)(H,4,5,6). The van der Waals surface area contributed by atoms with Gasteiger partial charge in [-0.2, -0.15) is 16.8 Å². The third kappa shape index (κ3) is 22.5. The average Bonchev–Trinajstić information content (AvgIpc) is 1.80.